The topological polar surface area (TPSA) is 69.9 Å². The number of benzene rings is 2. The van der Waals surface area contributed by atoms with Gasteiger partial charge in [-0.1, -0.05) is 26.0 Å². The minimum atomic E-state index is 0.726. The summed E-state index contributed by atoms with van der Waals surface area (Å²) in [5, 5.41) is 17.6. The standard InChI is InChI=1S/C24H27N5.C2H6/c25-16-19-4-7-22(8-5-19)29-13-11-28(12-14-29)10-2-1-3-21-18-27-24-9-6-20(17-26)15-23(21)24;1-2/h4-9,15-16,18,25,27H,1-3,10-14H2;1-2H3. The van der Waals surface area contributed by atoms with E-state index in [4.69, 9.17) is 10.7 Å². The summed E-state index contributed by atoms with van der Waals surface area (Å²) in [7, 11) is 0. The third kappa shape index (κ3) is 5.74. The number of fused-ring (bicyclic) bond motifs is 1. The molecule has 1 saturated heterocycles. The van der Waals surface area contributed by atoms with Crippen molar-refractivity contribution in [3.8, 4) is 6.07 Å². The van der Waals surface area contributed by atoms with Gasteiger partial charge in [-0.05, 0) is 67.3 Å². The normalized spacial score (nSPS) is 14.0. The number of unbranched alkanes of at least 4 members (excludes halogenated alkanes) is 1. The summed E-state index contributed by atoms with van der Waals surface area (Å²) >= 11 is 0. The molecule has 0 atom stereocenters. The zero-order valence-corrected chi connectivity index (χ0v) is 18.7. The SMILES string of the molecule is CC.N#Cc1ccc2[nH]cc(CCCCN3CCN(c4ccc(C=N)cc4)CC3)c2c1. The molecule has 5 heteroatoms. The lowest BCUT2D eigenvalue weighted by atomic mass is 10.1. The van der Waals surface area contributed by atoms with Crippen LogP contribution in [0.2, 0.25) is 0 Å². The number of aryl methyl sites for hydroxylation is 1. The summed E-state index contributed by atoms with van der Waals surface area (Å²) in [6.07, 6.45) is 6.89. The van der Waals surface area contributed by atoms with Crippen LogP contribution < -0.4 is 4.90 Å². The molecule has 0 saturated carbocycles. The molecule has 0 unspecified atom stereocenters. The average molecular weight is 416 g/mol. The van der Waals surface area contributed by atoms with Crippen molar-refractivity contribution in [1.82, 2.24) is 9.88 Å². The molecule has 0 bridgehead atoms. The fraction of sp³-hybridized carbons (Fsp3) is 0.385. The minimum Gasteiger partial charge on any atom is -0.369 e. The van der Waals surface area contributed by atoms with Crippen LogP contribution >= 0.6 is 0 Å². The summed E-state index contributed by atoms with van der Waals surface area (Å²) < 4.78 is 0. The summed E-state index contributed by atoms with van der Waals surface area (Å²) in [6, 6.07) is 16.4. The highest BCUT2D eigenvalue weighted by atomic mass is 15.3. The number of hydrogen-bond acceptors (Lipinski definition) is 4. The number of nitrogens with zero attached hydrogens (tertiary/aromatic N) is 3. The van der Waals surface area contributed by atoms with Gasteiger partial charge in [0.05, 0.1) is 11.6 Å². The van der Waals surface area contributed by atoms with Crippen LogP contribution in [0, 0.1) is 16.7 Å². The van der Waals surface area contributed by atoms with E-state index in [9.17, 15) is 0 Å². The van der Waals surface area contributed by atoms with Crippen molar-refractivity contribution < 1.29 is 0 Å². The molecule has 0 spiro atoms. The van der Waals surface area contributed by atoms with E-state index in [0.29, 0.717) is 0 Å². The highest BCUT2D eigenvalue weighted by molar-refractivity contribution is 5.84. The number of aromatic amines is 1. The van der Waals surface area contributed by atoms with Gasteiger partial charge in [0.1, 0.15) is 0 Å². The second-order valence-corrected chi connectivity index (χ2v) is 7.71. The van der Waals surface area contributed by atoms with E-state index in [2.05, 4.69) is 39.2 Å². The van der Waals surface area contributed by atoms with E-state index in [1.165, 1.54) is 29.3 Å². The Morgan fingerprint density at radius 1 is 1.03 bits per heavy atom. The van der Waals surface area contributed by atoms with Gasteiger partial charge < -0.3 is 15.3 Å². The quantitative estimate of drug-likeness (QED) is 0.411. The molecular formula is C26H33N5. The Bertz CT molecular complexity index is 1000. The third-order valence-corrected chi connectivity index (χ3v) is 5.86. The molecule has 2 N–H and O–H groups in total. The first kappa shape index (κ1) is 22.6. The predicted molar refractivity (Wildman–Crippen MR) is 130 cm³/mol. The number of aromatic nitrogens is 1. The minimum absolute atomic E-state index is 0.726. The molecular weight excluding hydrogens is 382 g/mol. The predicted octanol–water partition coefficient (Wildman–Crippen LogP) is 5.21. The fourth-order valence-electron chi connectivity index (χ4n) is 4.12. The first-order chi connectivity index (χ1) is 15.3. The Morgan fingerprint density at radius 3 is 2.45 bits per heavy atom. The van der Waals surface area contributed by atoms with Crippen LogP contribution in [-0.2, 0) is 6.42 Å². The maximum Gasteiger partial charge on any atom is 0.0991 e. The van der Waals surface area contributed by atoms with Gasteiger partial charge in [-0.15, -0.1) is 0 Å². The van der Waals surface area contributed by atoms with Crippen molar-refractivity contribution in [2.75, 3.05) is 37.6 Å². The van der Waals surface area contributed by atoms with Crippen LogP contribution in [0.15, 0.2) is 48.7 Å². The Hall–Kier alpha value is -3.10. The van der Waals surface area contributed by atoms with Gasteiger partial charge in [0, 0.05) is 55.2 Å². The van der Waals surface area contributed by atoms with Crippen LogP contribution in [0.3, 0.4) is 0 Å². The maximum absolute atomic E-state index is 9.12. The molecule has 31 heavy (non-hydrogen) atoms. The molecule has 2 heterocycles. The van der Waals surface area contributed by atoms with Gasteiger partial charge in [0.2, 0.25) is 0 Å². The number of hydrogen-bond donors (Lipinski definition) is 2. The molecule has 1 fully saturated rings. The molecule has 1 aliphatic rings. The second kappa shape index (κ2) is 11.3. The fourth-order valence-corrected chi connectivity index (χ4v) is 4.12. The zero-order chi connectivity index (χ0) is 22.1. The third-order valence-electron chi connectivity index (χ3n) is 5.86. The van der Waals surface area contributed by atoms with Crippen molar-refractivity contribution in [3.63, 3.8) is 0 Å². The number of nitrogens with one attached hydrogen (secondary N) is 2. The lowest BCUT2D eigenvalue weighted by molar-refractivity contribution is 0.253. The van der Waals surface area contributed by atoms with Crippen molar-refractivity contribution in [2.45, 2.75) is 33.1 Å². The van der Waals surface area contributed by atoms with Crippen LogP contribution in [0.25, 0.3) is 10.9 Å². The van der Waals surface area contributed by atoms with E-state index in [0.717, 1.165) is 62.2 Å². The summed E-state index contributed by atoms with van der Waals surface area (Å²) in [4.78, 5) is 8.31. The number of nitriles is 1. The highest BCUT2D eigenvalue weighted by Gasteiger charge is 2.16. The van der Waals surface area contributed by atoms with E-state index < -0.39 is 0 Å². The molecule has 0 amide bonds. The molecule has 162 valence electrons. The van der Waals surface area contributed by atoms with Crippen molar-refractivity contribution in [1.29, 1.82) is 10.7 Å². The highest BCUT2D eigenvalue weighted by Crippen LogP contribution is 2.22. The molecule has 5 nitrogen and oxygen atoms in total. The van der Waals surface area contributed by atoms with Crippen LogP contribution in [0.5, 0.6) is 0 Å². The smallest absolute Gasteiger partial charge is 0.0991 e. The molecule has 1 aliphatic heterocycles. The Morgan fingerprint density at radius 2 is 1.77 bits per heavy atom. The van der Waals surface area contributed by atoms with E-state index in [-0.39, 0.29) is 0 Å². The lowest BCUT2D eigenvalue weighted by Gasteiger charge is -2.36. The Kier molecular flexibility index (Phi) is 8.26. The molecule has 1 aromatic heterocycles. The first-order valence-electron chi connectivity index (χ1n) is 11.3. The van der Waals surface area contributed by atoms with E-state index in [1.54, 1.807) is 0 Å². The molecule has 0 radical (unpaired) electrons. The van der Waals surface area contributed by atoms with Crippen LogP contribution in [0.1, 0.15) is 43.4 Å². The number of H-pyrrole nitrogens is 1. The molecule has 4 rings (SSSR count). The second-order valence-electron chi connectivity index (χ2n) is 7.71. The summed E-state index contributed by atoms with van der Waals surface area (Å²) in [6.45, 7) is 9.47. The van der Waals surface area contributed by atoms with Gasteiger partial charge >= 0.3 is 0 Å². The van der Waals surface area contributed by atoms with Gasteiger partial charge in [-0.25, -0.2) is 0 Å². The van der Waals surface area contributed by atoms with Gasteiger partial charge in [0.15, 0.2) is 0 Å². The lowest BCUT2D eigenvalue weighted by Crippen LogP contribution is -2.46. The van der Waals surface area contributed by atoms with Gasteiger partial charge in [-0.3, -0.25) is 4.90 Å². The number of rotatable bonds is 7. The van der Waals surface area contributed by atoms with Crippen molar-refractivity contribution in [3.05, 3.63) is 65.4 Å². The van der Waals surface area contributed by atoms with E-state index >= 15 is 0 Å². The Balaban J connectivity index is 0.00000132. The van der Waals surface area contributed by atoms with Crippen LogP contribution in [0.4, 0.5) is 5.69 Å². The average Bonchev–Trinajstić information content (AvgIpc) is 3.25. The number of anilines is 1. The Labute approximate surface area is 185 Å². The van der Waals surface area contributed by atoms with Gasteiger partial charge in [-0.2, -0.15) is 5.26 Å². The van der Waals surface area contributed by atoms with Crippen LogP contribution in [-0.4, -0.2) is 48.8 Å². The van der Waals surface area contributed by atoms with Crippen molar-refractivity contribution in [2.24, 2.45) is 0 Å². The van der Waals surface area contributed by atoms with Gasteiger partial charge in [0.25, 0.3) is 0 Å². The first-order valence-corrected chi connectivity index (χ1v) is 11.3. The maximum atomic E-state index is 9.12. The van der Waals surface area contributed by atoms with E-state index in [1.807, 2.05) is 44.2 Å². The number of piperazine rings is 1. The molecule has 0 aliphatic carbocycles. The monoisotopic (exact) mass is 415 g/mol. The zero-order valence-electron chi connectivity index (χ0n) is 18.7. The molecule has 2 aromatic carbocycles. The van der Waals surface area contributed by atoms with Crippen molar-refractivity contribution >= 4 is 22.8 Å². The summed E-state index contributed by atoms with van der Waals surface area (Å²) in [5.74, 6) is 0. The largest absolute Gasteiger partial charge is 0.369 e. The molecule has 3 aromatic rings. The summed E-state index contributed by atoms with van der Waals surface area (Å²) in [5.41, 5.74) is 5.36.